The summed E-state index contributed by atoms with van der Waals surface area (Å²) in [4.78, 5) is 25.0. The normalized spacial score (nSPS) is 19.9. The lowest BCUT2D eigenvalue weighted by molar-refractivity contribution is -0.148. The molecule has 0 aromatic carbocycles. The Balaban J connectivity index is 1.90. The predicted molar refractivity (Wildman–Crippen MR) is 101 cm³/mol. The van der Waals surface area contributed by atoms with Gasteiger partial charge in [-0.05, 0) is 37.5 Å². The molecule has 1 spiro atoms. The van der Waals surface area contributed by atoms with E-state index >= 15 is 0 Å². The van der Waals surface area contributed by atoms with Crippen LogP contribution in [0.15, 0.2) is 0 Å². The quantitative estimate of drug-likeness (QED) is 0.768. The van der Waals surface area contributed by atoms with E-state index < -0.39 is 0 Å². The highest BCUT2D eigenvalue weighted by molar-refractivity contribution is 5.97. The Labute approximate surface area is 160 Å². The number of rotatable bonds is 6. The molecule has 3 heterocycles. The van der Waals surface area contributed by atoms with Gasteiger partial charge in [0, 0.05) is 19.8 Å². The SMILES string of the molecule is CCCOC(=O)C(C)Cn1nc(CC)c2c1CC1(CCOCC1)CNC2=O. The maximum absolute atomic E-state index is 12.8. The molecule has 2 aliphatic rings. The summed E-state index contributed by atoms with van der Waals surface area (Å²) in [5, 5.41) is 7.81. The third-order valence-corrected chi connectivity index (χ3v) is 5.71. The van der Waals surface area contributed by atoms with Crippen LogP contribution in [0.1, 0.15) is 61.8 Å². The van der Waals surface area contributed by atoms with E-state index in [-0.39, 0.29) is 23.2 Å². The summed E-state index contributed by atoms with van der Waals surface area (Å²) in [7, 11) is 0. The van der Waals surface area contributed by atoms with Crippen molar-refractivity contribution in [2.24, 2.45) is 11.3 Å². The van der Waals surface area contributed by atoms with E-state index in [4.69, 9.17) is 14.6 Å². The number of carbonyl (C=O) groups excluding carboxylic acids is 2. The Bertz CT molecular complexity index is 692. The van der Waals surface area contributed by atoms with Gasteiger partial charge in [0.2, 0.25) is 0 Å². The minimum atomic E-state index is -0.304. The topological polar surface area (TPSA) is 82.5 Å². The summed E-state index contributed by atoms with van der Waals surface area (Å²) in [5.41, 5.74) is 2.48. The fourth-order valence-corrected chi connectivity index (χ4v) is 4.00. The average molecular weight is 377 g/mol. The third kappa shape index (κ3) is 4.18. The van der Waals surface area contributed by atoms with Crippen molar-refractivity contribution in [1.29, 1.82) is 0 Å². The van der Waals surface area contributed by atoms with Crippen LogP contribution in [-0.4, -0.2) is 48.0 Å². The standard InChI is InChI=1S/C20H31N3O4/c1-4-8-27-19(25)14(3)12-23-16-11-20(6-9-26-10-7-20)13-21-18(24)17(16)15(5-2)22-23/h14H,4-13H2,1-3H3,(H,21,24). The average Bonchev–Trinajstić information content (AvgIpc) is 2.94. The van der Waals surface area contributed by atoms with Gasteiger partial charge in [-0.3, -0.25) is 14.3 Å². The first kappa shape index (κ1) is 19.9. The van der Waals surface area contributed by atoms with Crippen LogP contribution in [-0.2, 0) is 33.7 Å². The highest BCUT2D eigenvalue weighted by atomic mass is 16.5. The summed E-state index contributed by atoms with van der Waals surface area (Å²) in [6.45, 7) is 8.83. The van der Waals surface area contributed by atoms with Crippen molar-refractivity contribution >= 4 is 11.9 Å². The van der Waals surface area contributed by atoms with Gasteiger partial charge < -0.3 is 14.8 Å². The first-order valence-corrected chi connectivity index (χ1v) is 10.1. The van der Waals surface area contributed by atoms with Gasteiger partial charge in [0.15, 0.2) is 0 Å². The van der Waals surface area contributed by atoms with Gasteiger partial charge in [0.25, 0.3) is 5.91 Å². The largest absolute Gasteiger partial charge is 0.465 e. The maximum atomic E-state index is 12.8. The second kappa shape index (κ2) is 8.42. The second-order valence-corrected chi connectivity index (χ2v) is 7.84. The monoisotopic (exact) mass is 377 g/mol. The molecule has 7 nitrogen and oxygen atoms in total. The van der Waals surface area contributed by atoms with Crippen LogP contribution in [0.25, 0.3) is 0 Å². The third-order valence-electron chi connectivity index (χ3n) is 5.71. The minimum absolute atomic E-state index is 0.00785. The molecule has 0 saturated carbocycles. The molecule has 1 unspecified atom stereocenters. The molecule has 1 amide bonds. The Morgan fingerprint density at radius 1 is 1.37 bits per heavy atom. The number of nitrogens with one attached hydrogen (secondary N) is 1. The maximum Gasteiger partial charge on any atom is 0.310 e. The Morgan fingerprint density at radius 3 is 2.78 bits per heavy atom. The van der Waals surface area contributed by atoms with Gasteiger partial charge in [0.05, 0.1) is 36.0 Å². The van der Waals surface area contributed by atoms with Crippen LogP contribution < -0.4 is 5.32 Å². The van der Waals surface area contributed by atoms with Crippen LogP contribution >= 0.6 is 0 Å². The smallest absolute Gasteiger partial charge is 0.310 e. The summed E-state index contributed by atoms with van der Waals surface area (Å²) < 4.78 is 12.7. The number of amides is 1. The fourth-order valence-electron chi connectivity index (χ4n) is 4.00. The molecule has 1 fully saturated rings. The van der Waals surface area contributed by atoms with E-state index in [1.165, 1.54) is 0 Å². The van der Waals surface area contributed by atoms with E-state index in [0.717, 1.165) is 50.3 Å². The molecule has 2 aliphatic heterocycles. The number of ether oxygens (including phenoxy) is 2. The highest BCUT2D eigenvalue weighted by Gasteiger charge is 2.39. The van der Waals surface area contributed by atoms with Crippen LogP contribution in [0.4, 0.5) is 0 Å². The van der Waals surface area contributed by atoms with E-state index in [0.29, 0.717) is 31.7 Å². The highest BCUT2D eigenvalue weighted by Crippen LogP contribution is 2.37. The van der Waals surface area contributed by atoms with Gasteiger partial charge >= 0.3 is 5.97 Å². The Kier molecular flexibility index (Phi) is 6.19. The molecular weight excluding hydrogens is 346 g/mol. The van der Waals surface area contributed by atoms with Crippen molar-refractivity contribution in [2.45, 2.75) is 59.4 Å². The van der Waals surface area contributed by atoms with Crippen LogP contribution in [0, 0.1) is 11.3 Å². The number of aryl methyl sites for hydroxylation is 1. The summed E-state index contributed by atoms with van der Waals surface area (Å²) >= 11 is 0. The summed E-state index contributed by atoms with van der Waals surface area (Å²) in [6.07, 6.45) is 4.13. The Hall–Kier alpha value is -1.89. The summed E-state index contributed by atoms with van der Waals surface area (Å²) in [5.74, 6) is -0.558. The van der Waals surface area contributed by atoms with Crippen molar-refractivity contribution in [2.75, 3.05) is 26.4 Å². The zero-order chi connectivity index (χ0) is 19.4. The van der Waals surface area contributed by atoms with Gasteiger partial charge in [-0.2, -0.15) is 5.10 Å². The summed E-state index contributed by atoms with van der Waals surface area (Å²) in [6, 6.07) is 0. The molecule has 7 heteroatoms. The Morgan fingerprint density at radius 2 is 2.11 bits per heavy atom. The minimum Gasteiger partial charge on any atom is -0.465 e. The number of carbonyl (C=O) groups is 2. The predicted octanol–water partition coefficient (Wildman–Crippen LogP) is 2.12. The van der Waals surface area contributed by atoms with Gasteiger partial charge in [-0.1, -0.05) is 20.8 Å². The van der Waals surface area contributed by atoms with Crippen molar-refractivity contribution in [1.82, 2.24) is 15.1 Å². The van der Waals surface area contributed by atoms with Gasteiger partial charge in [-0.15, -0.1) is 0 Å². The first-order chi connectivity index (χ1) is 13.0. The van der Waals surface area contributed by atoms with E-state index in [9.17, 15) is 9.59 Å². The zero-order valence-corrected chi connectivity index (χ0v) is 16.7. The lowest BCUT2D eigenvalue weighted by Crippen LogP contribution is -2.41. The zero-order valence-electron chi connectivity index (χ0n) is 16.7. The molecule has 0 aliphatic carbocycles. The van der Waals surface area contributed by atoms with E-state index in [1.807, 2.05) is 25.5 Å². The molecule has 1 atom stereocenters. The molecule has 1 aromatic heterocycles. The van der Waals surface area contributed by atoms with Crippen molar-refractivity contribution < 1.29 is 19.1 Å². The van der Waals surface area contributed by atoms with Crippen molar-refractivity contribution in [3.05, 3.63) is 17.0 Å². The molecule has 150 valence electrons. The molecule has 1 N–H and O–H groups in total. The lowest BCUT2D eigenvalue weighted by Gasteiger charge is -2.36. The molecule has 1 saturated heterocycles. The van der Waals surface area contributed by atoms with Crippen molar-refractivity contribution in [3.8, 4) is 0 Å². The van der Waals surface area contributed by atoms with Gasteiger partial charge in [0.1, 0.15) is 0 Å². The number of esters is 1. The number of aromatic nitrogens is 2. The molecule has 0 radical (unpaired) electrons. The second-order valence-electron chi connectivity index (χ2n) is 7.84. The molecule has 3 rings (SSSR count). The van der Waals surface area contributed by atoms with Crippen LogP contribution in [0.2, 0.25) is 0 Å². The number of hydrogen-bond donors (Lipinski definition) is 1. The van der Waals surface area contributed by atoms with E-state index in [2.05, 4.69) is 5.32 Å². The van der Waals surface area contributed by atoms with Crippen LogP contribution in [0.5, 0.6) is 0 Å². The molecule has 1 aromatic rings. The number of hydrogen-bond acceptors (Lipinski definition) is 5. The molecule has 27 heavy (non-hydrogen) atoms. The molecular formula is C20H31N3O4. The fraction of sp³-hybridized carbons (Fsp3) is 0.750. The lowest BCUT2D eigenvalue weighted by atomic mass is 9.76. The van der Waals surface area contributed by atoms with E-state index in [1.54, 1.807) is 0 Å². The van der Waals surface area contributed by atoms with Crippen molar-refractivity contribution in [3.63, 3.8) is 0 Å². The van der Waals surface area contributed by atoms with Gasteiger partial charge in [-0.25, -0.2) is 0 Å². The molecule has 0 bridgehead atoms. The first-order valence-electron chi connectivity index (χ1n) is 10.1. The number of nitrogens with zero attached hydrogens (tertiary/aromatic N) is 2. The number of fused-ring (bicyclic) bond motifs is 1. The van der Waals surface area contributed by atoms with Crippen LogP contribution in [0.3, 0.4) is 0 Å².